The van der Waals surface area contributed by atoms with Crippen molar-refractivity contribution in [3.63, 3.8) is 0 Å². The van der Waals surface area contributed by atoms with Gasteiger partial charge in [0.05, 0.1) is 0 Å². The SMILES string of the molecule is O=C1CCN(C(=O)C2(C(F)(F)F)CCNC2)CCN1. The van der Waals surface area contributed by atoms with E-state index in [2.05, 4.69) is 10.6 Å². The van der Waals surface area contributed by atoms with Gasteiger partial charge in [0.2, 0.25) is 11.8 Å². The highest BCUT2D eigenvalue weighted by molar-refractivity contribution is 5.85. The van der Waals surface area contributed by atoms with Crippen LogP contribution in [0.1, 0.15) is 12.8 Å². The molecule has 2 aliphatic heterocycles. The summed E-state index contributed by atoms with van der Waals surface area (Å²) in [7, 11) is 0. The largest absolute Gasteiger partial charge is 0.404 e. The lowest BCUT2D eigenvalue weighted by molar-refractivity contribution is -0.221. The van der Waals surface area contributed by atoms with E-state index in [1.165, 1.54) is 0 Å². The summed E-state index contributed by atoms with van der Waals surface area (Å²) in [6.45, 7) is 0.167. The summed E-state index contributed by atoms with van der Waals surface area (Å²) in [5.74, 6) is -1.15. The predicted molar refractivity (Wildman–Crippen MR) is 60.2 cm³/mol. The van der Waals surface area contributed by atoms with Crippen molar-refractivity contribution in [2.24, 2.45) is 5.41 Å². The van der Waals surface area contributed by atoms with Crippen molar-refractivity contribution in [2.75, 3.05) is 32.7 Å². The van der Waals surface area contributed by atoms with Gasteiger partial charge in [-0.05, 0) is 13.0 Å². The van der Waals surface area contributed by atoms with Gasteiger partial charge in [-0.2, -0.15) is 13.2 Å². The van der Waals surface area contributed by atoms with Gasteiger partial charge in [0, 0.05) is 32.6 Å². The molecule has 5 nitrogen and oxygen atoms in total. The van der Waals surface area contributed by atoms with Gasteiger partial charge in [0.25, 0.3) is 0 Å². The zero-order valence-electron chi connectivity index (χ0n) is 10.3. The normalized spacial score (nSPS) is 29.0. The molecule has 2 saturated heterocycles. The number of halogens is 3. The minimum Gasteiger partial charge on any atom is -0.354 e. The van der Waals surface area contributed by atoms with E-state index < -0.39 is 17.5 Å². The monoisotopic (exact) mass is 279 g/mol. The Bertz CT molecular complexity index is 378. The Morgan fingerprint density at radius 2 is 2.00 bits per heavy atom. The first-order valence-corrected chi connectivity index (χ1v) is 6.20. The fourth-order valence-corrected chi connectivity index (χ4v) is 2.51. The van der Waals surface area contributed by atoms with E-state index in [1.807, 2.05) is 0 Å². The lowest BCUT2D eigenvalue weighted by atomic mass is 9.84. The van der Waals surface area contributed by atoms with Crippen LogP contribution in [0.5, 0.6) is 0 Å². The fraction of sp³-hybridized carbons (Fsp3) is 0.818. The third-order valence-electron chi connectivity index (χ3n) is 3.71. The van der Waals surface area contributed by atoms with Crippen LogP contribution in [-0.4, -0.2) is 55.6 Å². The number of nitrogens with one attached hydrogen (secondary N) is 2. The summed E-state index contributed by atoms with van der Waals surface area (Å²) in [6.07, 6.45) is -4.77. The maximum Gasteiger partial charge on any atom is 0.404 e. The molecule has 0 aliphatic carbocycles. The zero-order chi connectivity index (χ0) is 14.1. The van der Waals surface area contributed by atoms with Crippen molar-refractivity contribution in [3.8, 4) is 0 Å². The molecule has 2 fully saturated rings. The lowest BCUT2D eigenvalue weighted by Crippen LogP contribution is -2.54. The second-order valence-electron chi connectivity index (χ2n) is 4.90. The summed E-state index contributed by atoms with van der Waals surface area (Å²) in [6, 6.07) is 0. The van der Waals surface area contributed by atoms with Gasteiger partial charge in [-0.25, -0.2) is 0 Å². The van der Waals surface area contributed by atoms with Crippen molar-refractivity contribution in [2.45, 2.75) is 19.0 Å². The molecule has 8 heteroatoms. The van der Waals surface area contributed by atoms with Gasteiger partial charge >= 0.3 is 6.18 Å². The molecule has 2 heterocycles. The Labute approximate surface area is 108 Å². The second kappa shape index (κ2) is 4.99. The third-order valence-corrected chi connectivity index (χ3v) is 3.71. The Morgan fingerprint density at radius 1 is 1.26 bits per heavy atom. The first kappa shape index (κ1) is 14.1. The molecule has 1 unspecified atom stereocenters. The van der Waals surface area contributed by atoms with Gasteiger partial charge in [-0.15, -0.1) is 0 Å². The van der Waals surface area contributed by atoms with Crippen molar-refractivity contribution >= 4 is 11.8 Å². The minimum atomic E-state index is -4.57. The molecule has 0 aromatic heterocycles. The van der Waals surface area contributed by atoms with Crippen LogP contribution in [0.3, 0.4) is 0 Å². The Morgan fingerprint density at radius 3 is 2.58 bits per heavy atom. The van der Waals surface area contributed by atoms with Crippen LogP contribution in [0.15, 0.2) is 0 Å². The van der Waals surface area contributed by atoms with Gasteiger partial charge in [-0.1, -0.05) is 0 Å². The number of amides is 2. The van der Waals surface area contributed by atoms with Crippen molar-refractivity contribution in [1.29, 1.82) is 0 Å². The maximum absolute atomic E-state index is 13.2. The van der Waals surface area contributed by atoms with Crippen LogP contribution in [-0.2, 0) is 9.59 Å². The first-order valence-electron chi connectivity index (χ1n) is 6.20. The van der Waals surface area contributed by atoms with Crippen molar-refractivity contribution in [3.05, 3.63) is 0 Å². The molecule has 19 heavy (non-hydrogen) atoms. The number of carbonyl (C=O) groups is 2. The summed E-state index contributed by atoms with van der Waals surface area (Å²) in [5, 5.41) is 5.16. The van der Waals surface area contributed by atoms with E-state index in [0.717, 1.165) is 4.90 Å². The zero-order valence-corrected chi connectivity index (χ0v) is 10.3. The molecule has 0 saturated carbocycles. The molecule has 0 aromatic carbocycles. The topological polar surface area (TPSA) is 61.4 Å². The molecule has 1 atom stereocenters. The minimum absolute atomic E-state index is 0.0441. The molecule has 0 spiro atoms. The highest BCUT2D eigenvalue weighted by Gasteiger charge is 2.62. The Hall–Kier alpha value is -1.31. The number of hydrogen-bond donors (Lipinski definition) is 2. The number of hydrogen-bond acceptors (Lipinski definition) is 3. The van der Waals surface area contributed by atoms with E-state index in [9.17, 15) is 22.8 Å². The smallest absolute Gasteiger partial charge is 0.354 e. The lowest BCUT2D eigenvalue weighted by Gasteiger charge is -2.34. The molecular weight excluding hydrogens is 263 g/mol. The Kier molecular flexibility index (Phi) is 3.71. The van der Waals surface area contributed by atoms with Crippen LogP contribution in [0, 0.1) is 5.41 Å². The number of carbonyl (C=O) groups excluding carboxylic acids is 2. The van der Waals surface area contributed by atoms with E-state index in [1.54, 1.807) is 0 Å². The van der Waals surface area contributed by atoms with E-state index >= 15 is 0 Å². The first-order chi connectivity index (χ1) is 8.87. The average Bonchev–Trinajstić information content (AvgIpc) is 2.73. The maximum atomic E-state index is 13.2. The highest BCUT2D eigenvalue weighted by Crippen LogP contribution is 2.44. The van der Waals surface area contributed by atoms with Crippen molar-refractivity contribution in [1.82, 2.24) is 15.5 Å². The molecule has 0 aromatic rings. The van der Waals surface area contributed by atoms with Crippen molar-refractivity contribution < 1.29 is 22.8 Å². The summed E-state index contributed by atoms with van der Waals surface area (Å²) in [4.78, 5) is 24.6. The van der Waals surface area contributed by atoms with E-state index in [0.29, 0.717) is 0 Å². The molecule has 0 radical (unpaired) electrons. The molecule has 2 rings (SSSR count). The van der Waals surface area contributed by atoms with Gasteiger partial charge in [0.1, 0.15) is 0 Å². The van der Waals surface area contributed by atoms with Gasteiger partial charge < -0.3 is 15.5 Å². The Balaban J connectivity index is 2.18. The van der Waals surface area contributed by atoms with Gasteiger partial charge in [-0.3, -0.25) is 9.59 Å². The average molecular weight is 279 g/mol. The molecule has 108 valence electrons. The van der Waals surface area contributed by atoms with Crippen LogP contribution in [0.4, 0.5) is 13.2 Å². The second-order valence-corrected chi connectivity index (χ2v) is 4.90. The van der Waals surface area contributed by atoms with Crippen LogP contribution >= 0.6 is 0 Å². The quantitative estimate of drug-likeness (QED) is 0.703. The molecular formula is C11H16F3N3O2. The van der Waals surface area contributed by atoms with Crippen LogP contribution in [0.25, 0.3) is 0 Å². The molecule has 0 bridgehead atoms. The highest BCUT2D eigenvalue weighted by atomic mass is 19.4. The number of rotatable bonds is 1. The van der Waals surface area contributed by atoms with E-state index in [4.69, 9.17) is 0 Å². The standard InChI is InChI=1S/C11H16F3N3O2/c12-11(13,14)10(2-3-15-7-10)9(19)17-5-1-8(18)16-4-6-17/h15H,1-7H2,(H,16,18). The summed E-state index contributed by atoms with van der Waals surface area (Å²) >= 11 is 0. The fourth-order valence-electron chi connectivity index (χ4n) is 2.51. The number of nitrogens with zero attached hydrogens (tertiary/aromatic N) is 1. The predicted octanol–water partition coefficient (Wildman–Crippen LogP) is -0.123. The molecule has 2 aliphatic rings. The van der Waals surface area contributed by atoms with Crippen LogP contribution in [0.2, 0.25) is 0 Å². The third kappa shape index (κ3) is 2.54. The van der Waals surface area contributed by atoms with Gasteiger partial charge in [0.15, 0.2) is 5.41 Å². The van der Waals surface area contributed by atoms with Crippen LogP contribution < -0.4 is 10.6 Å². The molecule has 2 N–H and O–H groups in total. The summed E-state index contributed by atoms with van der Waals surface area (Å²) in [5.41, 5.74) is -2.33. The summed E-state index contributed by atoms with van der Waals surface area (Å²) < 4.78 is 39.7. The molecule has 2 amide bonds. The number of alkyl halides is 3. The van der Waals surface area contributed by atoms with E-state index in [-0.39, 0.29) is 51.5 Å².